The van der Waals surface area contributed by atoms with Crippen molar-refractivity contribution in [1.82, 2.24) is 25.4 Å². The molecule has 0 unspecified atom stereocenters. The van der Waals surface area contributed by atoms with E-state index in [1.807, 2.05) is 12.1 Å². The predicted molar refractivity (Wildman–Crippen MR) is 90.0 cm³/mol. The molecule has 0 saturated carbocycles. The molecule has 2 N–H and O–H groups in total. The van der Waals surface area contributed by atoms with Crippen LogP contribution in [-0.2, 0) is 6.54 Å². The third-order valence-corrected chi connectivity index (χ3v) is 4.00. The zero-order valence-corrected chi connectivity index (χ0v) is 13.5. The summed E-state index contributed by atoms with van der Waals surface area (Å²) in [5.41, 5.74) is 0.748. The molecule has 3 heterocycles. The Morgan fingerprint density at radius 3 is 2.62 bits per heavy atom. The van der Waals surface area contributed by atoms with E-state index in [9.17, 15) is 9.59 Å². The Labute approximate surface area is 139 Å². The molecule has 3 rings (SSSR count). The Morgan fingerprint density at radius 2 is 2.00 bits per heavy atom. The summed E-state index contributed by atoms with van der Waals surface area (Å²) in [4.78, 5) is 31.9. The minimum absolute atomic E-state index is 0.177. The van der Waals surface area contributed by atoms with E-state index < -0.39 is 0 Å². The number of likely N-dealkylation sites (N-methyl/N-ethyl adjacent to an activating group) is 1. The van der Waals surface area contributed by atoms with Gasteiger partial charge in [0.25, 0.3) is 11.5 Å². The summed E-state index contributed by atoms with van der Waals surface area (Å²) in [5.74, 6) is 0.620. The van der Waals surface area contributed by atoms with Crippen molar-refractivity contribution in [3.63, 3.8) is 0 Å². The van der Waals surface area contributed by atoms with E-state index >= 15 is 0 Å². The number of H-pyrrole nitrogens is 1. The highest BCUT2D eigenvalue weighted by Gasteiger charge is 2.15. The molecule has 8 nitrogen and oxygen atoms in total. The molecule has 2 aromatic heterocycles. The number of rotatable bonds is 4. The second-order valence-corrected chi connectivity index (χ2v) is 5.80. The van der Waals surface area contributed by atoms with Crippen LogP contribution in [0.3, 0.4) is 0 Å². The standard InChI is InChI=1S/C16H20N6O2/c1-21-6-8-22(9-7-21)14-4-2-12(10-17-14)11-18-16(24)13-3-5-15(23)20-19-13/h2-5,10H,6-9,11H2,1H3,(H,18,24)(H,20,23). The Morgan fingerprint density at radius 1 is 1.21 bits per heavy atom. The Bertz CT molecular complexity index is 729. The molecule has 0 bridgehead atoms. The van der Waals surface area contributed by atoms with Crippen molar-refractivity contribution in [3.05, 3.63) is 52.1 Å². The van der Waals surface area contributed by atoms with Crippen molar-refractivity contribution < 1.29 is 4.79 Å². The monoisotopic (exact) mass is 328 g/mol. The fourth-order valence-electron chi connectivity index (χ4n) is 2.49. The summed E-state index contributed by atoms with van der Waals surface area (Å²) < 4.78 is 0. The number of nitrogens with zero attached hydrogens (tertiary/aromatic N) is 4. The van der Waals surface area contributed by atoms with Crippen LogP contribution in [-0.4, -0.2) is 59.2 Å². The maximum Gasteiger partial charge on any atom is 0.271 e. The van der Waals surface area contributed by atoms with Gasteiger partial charge in [-0.3, -0.25) is 9.59 Å². The molecule has 0 spiro atoms. The van der Waals surface area contributed by atoms with E-state index in [4.69, 9.17) is 0 Å². The summed E-state index contributed by atoms with van der Waals surface area (Å²) in [5, 5.41) is 8.69. The van der Waals surface area contributed by atoms with Gasteiger partial charge < -0.3 is 15.1 Å². The molecule has 126 valence electrons. The van der Waals surface area contributed by atoms with E-state index in [0.717, 1.165) is 37.6 Å². The van der Waals surface area contributed by atoms with Crippen LogP contribution in [0.15, 0.2) is 35.3 Å². The van der Waals surface area contributed by atoms with E-state index in [-0.39, 0.29) is 17.2 Å². The number of carbonyl (C=O) groups excluding carboxylic acids is 1. The molecule has 24 heavy (non-hydrogen) atoms. The minimum Gasteiger partial charge on any atom is -0.354 e. The van der Waals surface area contributed by atoms with Crippen molar-refractivity contribution in [3.8, 4) is 0 Å². The first-order chi connectivity index (χ1) is 11.6. The fourth-order valence-corrected chi connectivity index (χ4v) is 2.49. The van der Waals surface area contributed by atoms with E-state index in [1.165, 1.54) is 12.1 Å². The summed E-state index contributed by atoms with van der Waals surface area (Å²) in [6.45, 7) is 4.36. The lowest BCUT2D eigenvalue weighted by Gasteiger charge is -2.33. The van der Waals surface area contributed by atoms with Crippen LogP contribution in [0.1, 0.15) is 16.1 Å². The van der Waals surface area contributed by atoms with Crippen molar-refractivity contribution in [2.24, 2.45) is 0 Å². The van der Waals surface area contributed by atoms with E-state index in [1.54, 1.807) is 6.20 Å². The summed E-state index contributed by atoms with van der Waals surface area (Å²) in [7, 11) is 2.12. The van der Waals surface area contributed by atoms with Crippen molar-refractivity contribution in [1.29, 1.82) is 0 Å². The van der Waals surface area contributed by atoms with Crippen LogP contribution in [0.2, 0.25) is 0 Å². The number of aromatic amines is 1. The highest BCUT2D eigenvalue weighted by Crippen LogP contribution is 2.13. The lowest BCUT2D eigenvalue weighted by Crippen LogP contribution is -2.44. The zero-order chi connectivity index (χ0) is 16.9. The molecular weight excluding hydrogens is 308 g/mol. The first-order valence-electron chi connectivity index (χ1n) is 7.84. The number of hydrogen-bond donors (Lipinski definition) is 2. The van der Waals surface area contributed by atoms with E-state index in [2.05, 4.69) is 37.3 Å². The summed E-state index contributed by atoms with van der Waals surface area (Å²) in [6, 6.07) is 6.60. The molecule has 0 aromatic carbocycles. The van der Waals surface area contributed by atoms with Crippen LogP contribution in [0.25, 0.3) is 0 Å². The molecule has 1 amide bonds. The minimum atomic E-state index is -0.339. The molecule has 8 heteroatoms. The van der Waals surface area contributed by atoms with Gasteiger partial charge in [-0.25, -0.2) is 10.1 Å². The molecule has 0 atom stereocenters. The largest absolute Gasteiger partial charge is 0.354 e. The summed E-state index contributed by atoms with van der Waals surface area (Å²) in [6.07, 6.45) is 1.77. The summed E-state index contributed by atoms with van der Waals surface area (Å²) >= 11 is 0. The third-order valence-electron chi connectivity index (χ3n) is 4.00. The van der Waals surface area contributed by atoms with Crippen LogP contribution in [0.4, 0.5) is 5.82 Å². The smallest absolute Gasteiger partial charge is 0.271 e. The van der Waals surface area contributed by atoms with Gasteiger partial charge in [0, 0.05) is 45.0 Å². The van der Waals surface area contributed by atoms with Gasteiger partial charge in [-0.15, -0.1) is 0 Å². The highest BCUT2D eigenvalue weighted by atomic mass is 16.2. The molecule has 2 aromatic rings. The van der Waals surface area contributed by atoms with Crippen molar-refractivity contribution in [2.75, 3.05) is 38.1 Å². The predicted octanol–water partition coefficient (Wildman–Crippen LogP) is -0.153. The topological polar surface area (TPSA) is 94.2 Å². The number of pyridine rings is 1. The number of carbonyl (C=O) groups is 1. The second-order valence-electron chi connectivity index (χ2n) is 5.80. The number of aromatic nitrogens is 3. The second kappa shape index (κ2) is 7.22. The molecule has 1 saturated heterocycles. The van der Waals surface area contributed by atoms with Gasteiger partial charge in [-0.1, -0.05) is 6.07 Å². The normalized spacial score (nSPS) is 15.3. The van der Waals surface area contributed by atoms with Gasteiger partial charge in [0.2, 0.25) is 0 Å². The van der Waals surface area contributed by atoms with Crippen LogP contribution < -0.4 is 15.8 Å². The molecule has 0 aliphatic carbocycles. The first-order valence-corrected chi connectivity index (χ1v) is 7.84. The molecule has 1 fully saturated rings. The van der Waals surface area contributed by atoms with Crippen LogP contribution >= 0.6 is 0 Å². The van der Waals surface area contributed by atoms with Gasteiger partial charge in [-0.05, 0) is 24.7 Å². The number of anilines is 1. The maximum absolute atomic E-state index is 11.9. The Balaban J connectivity index is 1.55. The van der Waals surface area contributed by atoms with Crippen molar-refractivity contribution in [2.45, 2.75) is 6.54 Å². The maximum atomic E-state index is 11.9. The fraction of sp³-hybridized carbons (Fsp3) is 0.375. The average Bonchev–Trinajstić information content (AvgIpc) is 2.61. The van der Waals surface area contributed by atoms with Gasteiger partial charge in [-0.2, -0.15) is 5.10 Å². The Hall–Kier alpha value is -2.74. The highest BCUT2D eigenvalue weighted by molar-refractivity contribution is 5.91. The van der Waals surface area contributed by atoms with Gasteiger partial charge >= 0.3 is 0 Å². The molecule has 1 aliphatic rings. The van der Waals surface area contributed by atoms with Gasteiger partial charge in [0.15, 0.2) is 0 Å². The van der Waals surface area contributed by atoms with E-state index in [0.29, 0.717) is 6.54 Å². The lowest BCUT2D eigenvalue weighted by molar-refractivity contribution is 0.0944. The first kappa shape index (κ1) is 16.1. The van der Waals surface area contributed by atoms with Crippen molar-refractivity contribution >= 4 is 11.7 Å². The van der Waals surface area contributed by atoms with Gasteiger partial charge in [0.05, 0.1) is 0 Å². The van der Waals surface area contributed by atoms with Crippen LogP contribution in [0.5, 0.6) is 0 Å². The molecule has 1 aliphatic heterocycles. The Kier molecular flexibility index (Phi) is 4.85. The molecule has 0 radical (unpaired) electrons. The average molecular weight is 328 g/mol. The van der Waals surface area contributed by atoms with Gasteiger partial charge in [0.1, 0.15) is 11.5 Å². The number of hydrogen-bond acceptors (Lipinski definition) is 6. The number of piperazine rings is 1. The number of nitrogens with one attached hydrogen (secondary N) is 2. The zero-order valence-electron chi connectivity index (χ0n) is 13.5. The third kappa shape index (κ3) is 3.96. The SMILES string of the molecule is CN1CCN(c2ccc(CNC(=O)c3ccc(=O)[nH]n3)cn2)CC1. The lowest BCUT2D eigenvalue weighted by atomic mass is 10.2. The quantitative estimate of drug-likeness (QED) is 0.810. The number of amides is 1. The van der Waals surface area contributed by atoms with Crippen LogP contribution in [0, 0.1) is 0 Å². The molecular formula is C16H20N6O2.